The van der Waals surface area contributed by atoms with Gasteiger partial charge in [-0.2, -0.15) is 0 Å². The number of benzene rings is 5. The summed E-state index contributed by atoms with van der Waals surface area (Å²) in [7, 11) is 0. The van der Waals surface area contributed by atoms with Crippen LogP contribution in [0.5, 0.6) is 11.5 Å². The van der Waals surface area contributed by atoms with Crippen LogP contribution in [0, 0.1) is 0 Å². The van der Waals surface area contributed by atoms with Crippen LogP contribution in [0.25, 0.3) is 21.5 Å². The second-order valence-electron chi connectivity index (χ2n) is 7.28. The van der Waals surface area contributed by atoms with E-state index in [1.165, 1.54) is 5.56 Å². The minimum atomic E-state index is -0.0350. The van der Waals surface area contributed by atoms with Crippen molar-refractivity contribution in [2.75, 3.05) is 0 Å². The largest absolute Gasteiger partial charge is 0.507 e. The molecule has 0 atom stereocenters. The van der Waals surface area contributed by atoms with Gasteiger partial charge in [-0.25, -0.2) is 0 Å². The molecule has 0 saturated heterocycles. The first kappa shape index (κ1) is 17.3. The first-order valence-electron chi connectivity index (χ1n) is 9.70. The summed E-state index contributed by atoms with van der Waals surface area (Å²) in [6.45, 7) is 0. The van der Waals surface area contributed by atoms with E-state index >= 15 is 0 Å². The van der Waals surface area contributed by atoms with Crippen LogP contribution in [-0.4, -0.2) is 10.2 Å². The number of fused-ring (bicyclic) bond motifs is 2. The van der Waals surface area contributed by atoms with Gasteiger partial charge >= 0.3 is 0 Å². The van der Waals surface area contributed by atoms with Crippen molar-refractivity contribution in [2.45, 2.75) is 5.92 Å². The van der Waals surface area contributed by atoms with Crippen molar-refractivity contribution in [1.82, 2.24) is 0 Å². The Bertz CT molecular complexity index is 1240. The molecule has 0 fully saturated rings. The molecule has 2 heteroatoms. The van der Waals surface area contributed by atoms with Gasteiger partial charge in [-0.15, -0.1) is 0 Å². The molecule has 2 N–H and O–H groups in total. The minimum absolute atomic E-state index is 0.0350. The Morgan fingerprint density at radius 3 is 1.31 bits per heavy atom. The second kappa shape index (κ2) is 6.99. The van der Waals surface area contributed by atoms with Crippen molar-refractivity contribution in [3.8, 4) is 11.5 Å². The molecule has 5 aromatic carbocycles. The molecule has 5 aromatic rings. The smallest absolute Gasteiger partial charge is 0.123 e. The molecule has 5 rings (SSSR count). The van der Waals surface area contributed by atoms with Crippen LogP contribution in [0.3, 0.4) is 0 Å². The lowest BCUT2D eigenvalue weighted by Gasteiger charge is -2.23. The summed E-state index contributed by atoms with van der Waals surface area (Å²) in [5.74, 6) is 0.533. The molecule has 0 aliphatic carbocycles. The number of hydrogen-bond acceptors (Lipinski definition) is 2. The van der Waals surface area contributed by atoms with Crippen LogP contribution in [0.1, 0.15) is 22.6 Å². The monoisotopic (exact) mass is 376 g/mol. The molecule has 0 saturated carbocycles. The van der Waals surface area contributed by atoms with E-state index in [9.17, 15) is 10.2 Å². The topological polar surface area (TPSA) is 40.5 Å². The van der Waals surface area contributed by atoms with Gasteiger partial charge < -0.3 is 10.2 Å². The van der Waals surface area contributed by atoms with Crippen LogP contribution >= 0.6 is 0 Å². The van der Waals surface area contributed by atoms with Crippen molar-refractivity contribution < 1.29 is 10.2 Å². The number of phenolic OH excluding ortho intramolecular Hbond substituents is 2. The molecule has 0 aliphatic heterocycles. The fraction of sp³-hybridized carbons (Fsp3) is 0.0370. The quantitative estimate of drug-likeness (QED) is 0.349. The highest BCUT2D eigenvalue weighted by Gasteiger charge is 2.22. The van der Waals surface area contributed by atoms with E-state index < -0.39 is 0 Å². The first-order valence-corrected chi connectivity index (χ1v) is 9.70. The van der Waals surface area contributed by atoms with E-state index in [4.69, 9.17) is 0 Å². The maximum Gasteiger partial charge on any atom is 0.123 e. The lowest BCUT2D eigenvalue weighted by Crippen LogP contribution is -2.05. The number of hydrogen-bond donors (Lipinski definition) is 2. The Balaban J connectivity index is 1.87. The van der Waals surface area contributed by atoms with Gasteiger partial charge in [0.25, 0.3) is 0 Å². The van der Waals surface area contributed by atoms with Gasteiger partial charge in [-0.05, 0) is 39.6 Å². The Labute approximate surface area is 169 Å². The fourth-order valence-corrected chi connectivity index (χ4v) is 4.29. The summed E-state index contributed by atoms with van der Waals surface area (Å²) >= 11 is 0. The van der Waals surface area contributed by atoms with Crippen molar-refractivity contribution in [1.29, 1.82) is 0 Å². The van der Waals surface area contributed by atoms with Crippen LogP contribution in [0.2, 0.25) is 0 Å². The standard InChI is InChI=1S/C27H20O2/c28-25-16-14-23(19-10-4-6-12-21(19)25)27(18-8-2-1-3-9-18)24-15-17-26(29)22-13-7-5-11-20(22)24/h1-17,27-29H. The Morgan fingerprint density at radius 2 is 0.828 bits per heavy atom. The van der Waals surface area contributed by atoms with Gasteiger partial charge in [0.2, 0.25) is 0 Å². The molecule has 0 amide bonds. The van der Waals surface area contributed by atoms with Crippen molar-refractivity contribution in [2.24, 2.45) is 0 Å². The van der Waals surface area contributed by atoms with E-state index in [0.29, 0.717) is 0 Å². The van der Waals surface area contributed by atoms with Crippen molar-refractivity contribution in [3.05, 3.63) is 120 Å². The number of phenols is 2. The average molecular weight is 376 g/mol. The minimum Gasteiger partial charge on any atom is -0.507 e. The second-order valence-corrected chi connectivity index (χ2v) is 7.28. The summed E-state index contributed by atoms with van der Waals surface area (Å²) in [4.78, 5) is 0. The molecule has 0 radical (unpaired) electrons. The molecule has 140 valence electrons. The van der Waals surface area contributed by atoms with E-state index in [1.807, 2.05) is 66.7 Å². The predicted octanol–water partition coefficient (Wildman–Crippen LogP) is 6.58. The number of rotatable bonds is 3. The molecule has 29 heavy (non-hydrogen) atoms. The highest BCUT2D eigenvalue weighted by molar-refractivity contribution is 5.95. The zero-order chi connectivity index (χ0) is 19.8. The van der Waals surface area contributed by atoms with Crippen molar-refractivity contribution in [3.63, 3.8) is 0 Å². The van der Waals surface area contributed by atoms with Crippen LogP contribution < -0.4 is 0 Å². The highest BCUT2D eigenvalue weighted by Crippen LogP contribution is 2.42. The molecule has 0 heterocycles. The third-order valence-electron chi connectivity index (χ3n) is 5.62. The highest BCUT2D eigenvalue weighted by atomic mass is 16.3. The maximum absolute atomic E-state index is 10.4. The van der Waals surface area contributed by atoms with Gasteiger partial charge in [0, 0.05) is 16.7 Å². The van der Waals surface area contributed by atoms with Gasteiger partial charge in [0.1, 0.15) is 11.5 Å². The third-order valence-corrected chi connectivity index (χ3v) is 5.62. The van der Waals surface area contributed by atoms with E-state index in [-0.39, 0.29) is 17.4 Å². The summed E-state index contributed by atoms with van der Waals surface area (Å²) in [6.07, 6.45) is 0. The lowest BCUT2D eigenvalue weighted by molar-refractivity contribution is 0.481. The van der Waals surface area contributed by atoms with E-state index in [2.05, 4.69) is 24.3 Å². The average Bonchev–Trinajstić information content (AvgIpc) is 2.78. The molecular formula is C27H20O2. The summed E-state index contributed by atoms with van der Waals surface area (Å²) < 4.78 is 0. The Hall–Kier alpha value is -3.78. The fourth-order valence-electron chi connectivity index (χ4n) is 4.29. The predicted molar refractivity (Wildman–Crippen MR) is 119 cm³/mol. The van der Waals surface area contributed by atoms with Crippen LogP contribution in [-0.2, 0) is 0 Å². The third kappa shape index (κ3) is 2.90. The molecule has 0 bridgehead atoms. The number of aromatic hydroxyl groups is 2. The van der Waals surface area contributed by atoms with Crippen LogP contribution in [0.15, 0.2) is 103 Å². The maximum atomic E-state index is 10.4. The van der Waals surface area contributed by atoms with Crippen molar-refractivity contribution >= 4 is 21.5 Å². The summed E-state index contributed by atoms with van der Waals surface area (Å²) in [5, 5.41) is 24.5. The molecular weight excluding hydrogens is 356 g/mol. The first-order chi connectivity index (χ1) is 14.2. The molecule has 0 spiro atoms. The van der Waals surface area contributed by atoms with Gasteiger partial charge in [0.15, 0.2) is 0 Å². The Morgan fingerprint density at radius 1 is 0.414 bits per heavy atom. The van der Waals surface area contributed by atoms with Crippen LogP contribution in [0.4, 0.5) is 0 Å². The lowest BCUT2D eigenvalue weighted by atomic mass is 9.80. The molecule has 2 nitrogen and oxygen atoms in total. The normalized spacial score (nSPS) is 11.3. The van der Waals surface area contributed by atoms with Gasteiger partial charge in [0.05, 0.1) is 0 Å². The van der Waals surface area contributed by atoms with Gasteiger partial charge in [-0.1, -0.05) is 91.0 Å². The molecule has 0 aromatic heterocycles. The summed E-state index contributed by atoms with van der Waals surface area (Å²) in [5.41, 5.74) is 3.42. The SMILES string of the molecule is Oc1ccc(C(c2ccccc2)c2ccc(O)c3ccccc23)c2ccccc12. The molecule has 0 aliphatic rings. The van der Waals surface area contributed by atoms with E-state index in [1.54, 1.807) is 12.1 Å². The Kier molecular flexibility index (Phi) is 4.18. The molecule has 0 unspecified atom stereocenters. The zero-order valence-corrected chi connectivity index (χ0v) is 15.8. The van der Waals surface area contributed by atoms with Gasteiger partial charge in [-0.3, -0.25) is 0 Å². The summed E-state index contributed by atoms with van der Waals surface area (Å²) in [6, 6.07) is 33.9. The zero-order valence-electron chi connectivity index (χ0n) is 15.8. The van der Waals surface area contributed by atoms with E-state index in [0.717, 1.165) is 32.7 Å².